The molecule has 0 spiro atoms. The lowest BCUT2D eigenvalue weighted by Gasteiger charge is -2.34. The summed E-state index contributed by atoms with van der Waals surface area (Å²) in [4.78, 5) is 6.52. The van der Waals surface area contributed by atoms with Gasteiger partial charge in [0.1, 0.15) is 11.6 Å². The largest absolute Gasteiger partial charge is 0.370 e. The van der Waals surface area contributed by atoms with Crippen LogP contribution in [0.3, 0.4) is 0 Å². The van der Waals surface area contributed by atoms with Crippen LogP contribution < -0.4 is 5.73 Å². The molecule has 0 aliphatic heterocycles. The molecule has 2 fully saturated rings. The third-order valence-electron chi connectivity index (χ3n) is 4.24. The van der Waals surface area contributed by atoms with Gasteiger partial charge in [-0.3, -0.25) is 0 Å². The van der Waals surface area contributed by atoms with Gasteiger partial charge in [-0.2, -0.15) is 0 Å². The van der Waals surface area contributed by atoms with Crippen molar-refractivity contribution in [3.63, 3.8) is 0 Å². The quantitative estimate of drug-likeness (QED) is 0.682. The minimum Gasteiger partial charge on any atom is -0.370 e. The summed E-state index contributed by atoms with van der Waals surface area (Å²) in [6, 6.07) is 4.45. The summed E-state index contributed by atoms with van der Waals surface area (Å²) in [5.74, 6) is -0.255. The molecule has 2 saturated carbocycles. The van der Waals surface area contributed by atoms with Gasteiger partial charge in [-0.15, -0.1) is 0 Å². The first-order chi connectivity index (χ1) is 9.52. The van der Waals surface area contributed by atoms with Gasteiger partial charge in [0.25, 0.3) is 0 Å². The fraction of sp³-hybridized carbons (Fsp3) is 0.533. The first-order valence-corrected chi connectivity index (χ1v) is 7.05. The summed E-state index contributed by atoms with van der Waals surface area (Å²) >= 11 is 0. The standard InChI is InChI=1S/C15H19F2N3/c1-20(14-2-3-14)15(18)19-13-6-10(7-13)9-4-11(16)8-12(17)5-9/h4-5,8,10,13-14H,2-3,6-7H2,1H3,(H2,18,19). The zero-order chi connectivity index (χ0) is 14.3. The Morgan fingerprint density at radius 1 is 1.20 bits per heavy atom. The number of halogens is 2. The maximum absolute atomic E-state index is 13.2. The van der Waals surface area contributed by atoms with E-state index in [0.29, 0.717) is 12.0 Å². The minimum atomic E-state index is -0.514. The molecule has 0 saturated heterocycles. The van der Waals surface area contributed by atoms with Crippen molar-refractivity contribution in [3.8, 4) is 0 Å². The average molecular weight is 279 g/mol. The fourth-order valence-corrected chi connectivity index (χ4v) is 2.70. The normalized spacial score (nSPS) is 26.2. The summed E-state index contributed by atoms with van der Waals surface area (Å²) in [6.07, 6.45) is 3.98. The third-order valence-corrected chi connectivity index (χ3v) is 4.24. The van der Waals surface area contributed by atoms with Gasteiger partial charge in [-0.1, -0.05) is 0 Å². The molecule has 0 amide bonds. The molecule has 2 aliphatic carbocycles. The maximum atomic E-state index is 13.2. The van der Waals surface area contributed by atoms with Gasteiger partial charge in [-0.25, -0.2) is 13.8 Å². The molecular weight excluding hydrogens is 260 g/mol. The molecule has 0 aromatic heterocycles. The highest BCUT2D eigenvalue weighted by Gasteiger charge is 2.32. The van der Waals surface area contributed by atoms with Gasteiger partial charge in [0.15, 0.2) is 5.96 Å². The van der Waals surface area contributed by atoms with E-state index in [0.717, 1.165) is 24.5 Å². The number of guanidine groups is 1. The lowest BCUT2D eigenvalue weighted by Crippen LogP contribution is -2.38. The highest BCUT2D eigenvalue weighted by Crippen LogP contribution is 2.39. The molecular formula is C15H19F2N3. The van der Waals surface area contributed by atoms with Crippen LogP contribution in [0.5, 0.6) is 0 Å². The molecule has 1 aromatic carbocycles. The molecule has 0 heterocycles. The van der Waals surface area contributed by atoms with Crippen molar-refractivity contribution in [1.82, 2.24) is 4.90 Å². The summed E-state index contributed by atoms with van der Waals surface area (Å²) in [6.45, 7) is 0. The third kappa shape index (κ3) is 2.76. The highest BCUT2D eigenvalue weighted by atomic mass is 19.1. The average Bonchev–Trinajstić information content (AvgIpc) is 3.14. The first kappa shape index (κ1) is 13.3. The number of aliphatic imine (C=N–C) groups is 1. The second kappa shape index (κ2) is 5.04. The van der Waals surface area contributed by atoms with Crippen molar-refractivity contribution in [2.75, 3.05) is 7.05 Å². The van der Waals surface area contributed by atoms with Crippen molar-refractivity contribution in [2.45, 2.75) is 43.7 Å². The SMILES string of the molecule is CN(C(N)=NC1CC(c2cc(F)cc(F)c2)C1)C1CC1. The van der Waals surface area contributed by atoms with Gasteiger partial charge in [0, 0.05) is 19.2 Å². The van der Waals surface area contributed by atoms with E-state index in [1.807, 2.05) is 11.9 Å². The van der Waals surface area contributed by atoms with E-state index in [1.54, 1.807) is 0 Å². The van der Waals surface area contributed by atoms with Crippen LogP contribution in [-0.2, 0) is 0 Å². The molecule has 0 radical (unpaired) electrons. The van der Waals surface area contributed by atoms with Crippen LogP contribution in [0.4, 0.5) is 8.78 Å². The summed E-state index contributed by atoms with van der Waals surface area (Å²) < 4.78 is 26.3. The number of nitrogens with two attached hydrogens (primary N) is 1. The first-order valence-electron chi connectivity index (χ1n) is 7.05. The van der Waals surface area contributed by atoms with Crippen molar-refractivity contribution in [2.24, 2.45) is 10.7 Å². The summed E-state index contributed by atoms with van der Waals surface area (Å²) in [5.41, 5.74) is 6.68. The monoisotopic (exact) mass is 279 g/mol. The molecule has 0 atom stereocenters. The van der Waals surface area contributed by atoms with Gasteiger partial charge >= 0.3 is 0 Å². The Morgan fingerprint density at radius 2 is 1.80 bits per heavy atom. The number of nitrogens with zero attached hydrogens (tertiary/aromatic N) is 2. The molecule has 2 N–H and O–H groups in total. The zero-order valence-corrected chi connectivity index (χ0v) is 11.5. The van der Waals surface area contributed by atoms with Gasteiger partial charge in [0.05, 0.1) is 6.04 Å². The molecule has 3 rings (SSSR count). The molecule has 2 aliphatic rings. The van der Waals surface area contributed by atoms with E-state index in [4.69, 9.17) is 5.73 Å². The fourth-order valence-electron chi connectivity index (χ4n) is 2.70. The van der Waals surface area contributed by atoms with Crippen molar-refractivity contribution in [1.29, 1.82) is 0 Å². The topological polar surface area (TPSA) is 41.6 Å². The highest BCUT2D eigenvalue weighted by molar-refractivity contribution is 5.78. The van der Waals surface area contributed by atoms with Crippen LogP contribution >= 0.6 is 0 Å². The molecule has 3 nitrogen and oxygen atoms in total. The van der Waals surface area contributed by atoms with Crippen LogP contribution in [0.25, 0.3) is 0 Å². The van der Waals surface area contributed by atoms with E-state index in [2.05, 4.69) is 4.99 Å². The van der Waals surface area contributed by atoms with E-state index in [1.165, 1.54) is 25.0 Å². The molecule has 108 valence electrons. The Kier molecular flexibility index (Phi) is 3.36. The van der Waals surface area contributed by atoms with Crippen molar-refractivity contribution in [3.05, 3.63) is 35.4 Å². The predicted octanol–water partition coefficient (Wildman–Crippen LogP) is 2.62. The maximum Gasteiger partial charge on any atom is 0.191 e. The molecule has 5 heteroatoms. The lowest BCUT2D eigenvalue weighted by atomic mass is 9.76. The van der Waals surface area contributed by atoms with Crippen LogP contribution in [0.2, 0.25) is 0 Å². The number of hydrogen-bond acceptors (Lipinski definition) is 1. The Bertz CT molecular complexity index is 514. The Morgan fingerprint density at radius 3 is 2.35 bits per heavy atom. The zero-order valence-electron chi connectivity index (χ0n) is 11.5. The van der Waals surface area contributed by atoms with E-state index in [-0.39, 0.29) is 12.0 Å². The van der Waals surface area contributed by atoms with E-state index >= 15 is 0 Å². The number of rotatable bonds is 3. The van der Waals surface area contributed by atoms with Crippen molar-refractivity contribution < 1.29 is 8.78 Å². The van der Waals surface area contributed by atoms with Crippen LogP contribution in [0.1, 0.15) is 37.2 Å². The summed E-state index contributed by atoms with van der Waals surface area (Å²) in [5, 5.41) is 0. The molecule has 20 heavy (non-hydrogen) atoms. The number of hydrogen-bond donors (Lipinski definition) is 1. The Hall–Kier alpha value is -1.65. The molecule has 0 unspecified atom stereocenters. The smallest absolute Gasteiger partial charge is 0.191 e. The lowest BCUT2D eigenvalue weighted by molar-refractivity contribution is 0.345. The van der Waals surface area contributed by atoms with Gasteiger partial charge in [0.2, 0.25) is 0 Å². The van der Waals surface area contributed by atoms with Gasteiger partial charge < -0.3 is 10.6 Å². The molecule has 0 bridgehead atoms. The van der Waals surface area contributed by atoms with E-state index < -0.39 is 11.6 Å². The molecule has 1 aromatic rings. The second-order valence-electron chi connectivity index (χ2n) is 5.85. The predicted molar refractivity (Wildman–Crippen MR) is 74.5 cm³/mol. The summed E-state index contributed by atoms with van der Waals surface area (Å²) in [7, 11) is 1.97. The van der Waals surface area contributed by atoms with Crippen LogP contribution in [0, 0.1) is 11.6 Å². The minimum absolute atomic E-state index is 0.174. The van der Waals surface area contributed by atoms with Crippen molar-refractivity contribution >= 4 is 5.96 Å². The van der Waals surface area contributed by atoms with Crippen LogP contribution in [-0.4, -0.2) is 30.0 Å². The Balaban J connectivity index is 1.59. The van der Waals surface area contributed by atoms with E-state index in [9.17, 15) is 8.78 Å². The Labute approximate surface area is 117 Å². The number of benzene rings is 1. The second-order valence-corrected chi connectivity index (χ2v) is 5.85. The van der Waals surface area contributed by atoms with Crippen LogP contribution in [0.15, 0.2) is 23.2 Å². The van der Waals surface area contributed by atoms with Gasteiger partial charge in [-0.05, 0) is 49.3 Å².